The van der Waals surface area contributed by atoms with Crippen molar-refractivity contribution in [3.05, 3.63) is 17.0 Å². The minimum atomic E-state index is -0.808. The first-order valence-corrected chi connectivity index (χ1v) is 5.77. The van der Waals surface area contributed by atoms with Gasteiger partial charge in [-0.1, -0.05) is 5.16 Å². The Morgan fingerprint density at radius 1 is 1.42 bits per heavy atom. The van der Waals surface area contributed by atoms with Crippen LogP contribution in [-0.2, 0) is 16.1 Å². The summed E-state index contributed by atoms with van der Waals surface area (Å²) >= 11 is 0. The Balaban J connectivity index is 1.85. The van der Waals surface area contributed by atoms with Crippen molar-refractivity contribution in [2.45, 2.75) is 32.9 Å². The summed E-state index contributed by atoms with van der Waals surface area (Å²) in [6.45, 7) is 3.82. The highest BCUT2D eigenvalue weighted by atomic mass is 16.5. The molecule has 1 aromatic heterocycles. The van der Waals surface area contributed by atoms with E-state index in [0.29, 0.717) is 11.5 Å². The zero-order valence-corrected chi connectivity index (χ0v) is 10.6. The Kier molecular flexibility index (Phi) is 3.50. The molecule has 0 spiro atoms. The third kappa shape index (κ3) is 2.90. The lowest BCUT2D eigenvalue weighted by Crippen LogP contribution is -2.36. The molecule has 19 heavy (non-hydrogen) atoms. The average molecular weight is 266 g/mol. The number of aryl methyl sites for hydroxylation is 2. The van der Waals surface area contributed by atoms with E-state index in [2.05, 4.69) is 21.1 Å². The van der Waals surface area contributed by atoms with Gasteiger partial charge in [0.15, 0.2) is 0 Å². The third-order valence-electron chi connectivity index (χ3n) is 2.89. The highest BCUT2D eigenvalue weighted by Gasteiger charge is 2.31. The Hall–Kier alpha value is -2.38. The van der Waals surface area contributed by atoms with E-state index in [4.69, 9.17) is 4.52 Å². The van der Waals surface area contributed by atoms with Crippen LogP contribution in [0.5, 0.6) is 0 Å². The van der Waals surface area contributed by atoms with Crippen LogP contribution in [0.25, 0.3) is 0 Å². The molecule has 1 saturated heterocycles. The van der Waals surface area contributed by atoms with Crippen molar-refractivity contribution in [1.29, 1.82) is 0 Å². The molecule has 3 N–H and O–H groups in total. The maximum Gasteiger partial charge on any atom is 0.322 e. The summed E-state index contributed by atoms with van der Waals surface area (Å²) < 4.78 is 4.97. The quantitative estimate of drug-likeness (QED) is 0.636. The van der Waals surface area contributed by atoms with Crippen LogP contribution in [0.15, 0.2) is 4.52 Å². The van der Waals surface area contributed by atoms with Gasteiger partial charge < -0.3 is 15.2 Å². The van der Waals surface area contributed by atoms with Crippen LogP contribution in [0.2, 0.25) is 0 Å². The normalized spacial score (nSPS) is 18.1. The third-order valence-corrected chi connectivity index (χ3v) is 2.89. The fourth-order valence-electron chi connectivity index (χ4n) is 1.80. The molecule has 1 atom stereocenters. The second kappa shape index (κ2) is 5.09. The van der Waals surface area contributed by atoms with E-state index in [1.54, 1.807) is 13.8 Å². The van der Waals surface area contributed by atoms with Crippen LogP contribution >= 0.6 is 0 Å². The maximum atomic E-state index is 11.7. The van der Waals surface area contributed by atoms with Gasteiger partial charge in [-0.25, -0.2) is 4.79 Å². The molecule has 0 unspecified atom stereocenters. The van der Waals surface area contributed by atoms with Gasteiger partial charge in [0.1, 0.15) is 11.8 Å². The summed E-state index contributed by atoms with van der Waals surface area (Å²) in [4.78, 5) is 33.8. The fourth-order valence-corrected chi connectivity index (χ4v) is 1.80. The first-order chi connectivity index (χ1) is 8.97. The van der Waals surface area contributed by atoms with Crippen LogP contribution in [-0.4, -0.2) is 29.0 Å². The summed E-state index contributed by atoms with van der Waals surface area (Å²) in [5.74, 6) is -0.176. The van der Waals surface area contributed by atoms with Crippen molar-refractivity contribution >= 4 is 17.8 Å². The van der Waals surface area contributed by atoms with Gasteiger partial charge >= 0.3 is 6.03 Å². The molecule has 1 aliphatic rings. The molecule has 0 saturated carbocycles. The SMILES string of the molecule is Cc1noc(C)c1CNC(=O)C[C@@H]1NC(=O)NC1=O. The van der Waals surface area contributed by atoms with Crippen LogP contribution in [0.3, 0.4) is 0 Å². The van der Waals surface area contributed by atoms with Gasteiger partial charge in [0.05, 0.1) is 12.1 Å². The number of carbonyl (C=O) groups is 3. The molecule has 4 amide bonds. The Labute approximate surface area is 108 Å². The minimum Gasteiger partial charge on any atom is -0.361 e. The molecular weight excluding hydrogens is 252 g/mol. The number of carbonyl (C=O) groups excluding carboxylic acids is 3. The number of aromatic nitrogens is 1. The highest BCUT2D eigenvalue weighted by Crippen LogP contribution is 2.11. The molecule has 2 heterocycles. The predicted molar refractivity (Wildman–Crippen MR) is 62.9 cm³/mol. The van der Waals surface area contributed by atoms with Crippen LogP contribution < -0.4 is 16.0 Å². The molecule has 1 fully saturated rings. The lowest BCUT2D eigenvalue weighted by Gasteiger charge is -2.08. The number of amides is 4. The van der Waals surface area contributed by atoms with Gasteiger partial charge in [0, 0.05) is 12.1 Å². The van der Waals surface area contributed by atoms with E-state index >= 15 is 0 Å². The van der Waals surface area contributed by atoms with Crippen LogP contribution in [0.4, 0.5) is 4.79 Å². The zero-order chi connectivity index (χ0) is 14.0. The summed E-state index contributed by atoms with van der Waals surface area (Å²) in [5.41, 5.74) is 1.53. The summed E-state index contributed by atoms with van der Waals surface area (Å²) in [5, 5.41) is 10.9. The first-order valence-electron chi connectivity index (χ1n) is 5.77. The molecule has 1 aromatic rings. The number of nitrogens with zero attached hydrogens (tertiary/aromatic N) is 1. The Bertz CT molecular complexity index is 517. The van der Waals surface area contributed by atoms with Crippen LogP contribution in [0.1, 0.15) is 23.4 Å². The molecule has 0 aliphatic carbocycles. The topological polar surface area (TPSA) is 113 Å². The summed E-state index contributed by atoms with van der Waals surface area (Å²) in [7, 11) is 0. The molecular formula is C11H14N4O4. The average Bonchev–Trinajstić information content (AvgIpc) is 2.81. The standard InChI is InChI=1S/C11H14N4O4/c1-5-7(6(2)19-15-5)4-12-9(16)3-8-10(17)14-11(18)13-8/h8H,3-4H2,1-2H3,(H,12,16)(H2,13,14,17,18)/t8-/m0/s1. The van der Waals surface area contributed by atoms with E-state index < -0.39 is 18.0 Å². The highest BCUT2D eigenvalue weighted by molar-refractivity contribution is 6.05. The Morgan fingerprint density at radius 3 is 2.68 bits per heavy atom. The lowest BCUT2D eigenvalue weighted by molar-refractivity contribution is -0.126. The molecule has 0 aromatic carbocycles. The van der Waals surface area contributed by atoms with Gasteiger partial charge in [-0.15, -0.1) is 0 Å². The van der Waals surface area contributed by atoms with Crippen molar-refractivity contribution in [2.24, 2.45) is 0 Å². The van der Waals surface area contributed by atoms with Crippen molar-refractivity contribution in [3.63, 3.8) is 0 Å². The maximum absolute atomic E-state index is 11.7. The molecule has 102 valence electrons. The number of urea groups is 1. The number of hydrogen-bond donors (Lipinski definition) is 3. The van der Waals surface area contributed by atoms with E-state index in [1.807, 2.05) is 0 Å². The van der Waals surface area contributed by atoms with Crippen LogP contribution in [0, 0.1) is 13.8 Å². The van der Waals surface area contributed by atoms with Crippen molar-refractivity contribution in [1.82, 2.24) is 21.1 Å². The number of rotatable bonds is 4. The Morgan fingerprint density at radius 2 is 2.16 bits per heavy atom. The summed E-state index contributed by atoms with van der Waals surface area (Å²) in [6.07, 6.45) is -0.0963. The molecule has 2 rings (SSSR count). The van der Waals surface area contributed by atoms with Gasteiger partial charge in [-0.3, -0.25) is 14.9 Å². The van der Waals surface area contributed by atoms with E-state index in [1.165, 1.54) is 0 Å². The van der Waals surface area contributed by atoms with Crippen molar-refractivity contribution in [2.75, 3.05) is 0 Å². The second-order valence-electron chi connectivity index (χ2n) is 4.30. The van der Waals surface area contributed by atoms with Gasteiger partial charge in [0.25, 0.3) is 5.91 Å². The molecule has 0 radical (unpaired) electrons. The lowest BCUT2D eigenvalue weighted by atomic mass is 10.2. The minimum absolute atomic E-state index is 0.0963. The second-order valence-corrected chi connectivity index (χ2v) is 4.30. The molecule has 1 aliphatic heterocycles. The van der Waals surface area contributed by atoms with Gasteiger partial charge in [0.2, 0.25) is 5.91 Å². The van der Waals surface area contributed by atoms with E-state index in [0.717, 1.165) is 5.56 Å². The van der Waals surface area contributed by atoms with E-state index in [9.17, 15) is 14.4 Å². The molecule has 8 heteroatoms. The van der Waals surface area contributed by atoms with Gasteiger partial charge in [-0.05, 0) is 13.8 Å². The first kappa shape index (κ1) is 13.1. The number of imide groups is 1. The summed E-state index contributed by atoms with van der Waals surface area (Å²) in [6, 6.07) is -1.38. The number of hydrogen-bond acceptors (Lipinski definition) is 5. The predicted octanol–water partition coefficient (Wildman–Crippen LogP) is -0.494. The smallest absolute Gasteiger partial charge is 0.322 e. The van der Waals surface area contributed by atoms with E-state index in [-0.39, 0.29) is 18.9 Å². The molecule has 8 nitrogen and oxygen atoms in total. The monoisotopic (exact) mass is 266 g/mol. The molecule has 0 bridgehead atoms. The zero-order valence-electron chi connectivity index (χ0n) is 10.6. The largest absolute Gasteiger partial charge is 0.361 e. The fraction of sp³-hybridized carbons (Fsp3) is 0.455. The number of nitrogens with one attached hydrogen (secondary N) is 3. The van der Waals surface area contributed by atoms with Crippen molar-refractivity contribution in [3.8, 4) is 0 Å². The van der Waals surface area contributed by atoms with Gasteiger partial charge in [-0.2, -0.15) is 0 Å². The van der Waals surface area contributed by atoms with Crippen molar-refractivity contribution < 1.29 is 18.9 Å².